The van der Waals surface area contributed by atoms with Crippen molar-refractivity contribution in [2.75, 3.05) is 23.3 Å². The van der Waals surface area contributed by atoms with Crippen LogP contribution in [0.25, 0.3) is 0 Å². The van der Waals surface area contributed by atoms with Crippen LogP contribution in [0, 0.1) is 5.92 Å². The van der Waals surface area contributed by atoms with Gasteiger partial charge >= 0.3 is 0 Å². The van der Waals surface area contributed by atoms with Gasteiger partial charge in [-0.15, -0.1) is 0 Å². The second-order valence-electron chi connectivity index (χ2n) is 7.14. The summed E-state index contributed by atoms with van der Waals surface area (Å²) in [5.41, 5.74) is 6.20. The molecule has 9 heteroatoms. The van der Waals surface area contributed by atoms with Crippen LogP contribution >= 0.6 is 11.6 Å². The van der Waals surface area contributed by atoms with Crippen LogP contribution < -0.4 is 21.5 Å². The number of hydrogen-bond acceptors (Lipinski definition) is 5. The minimum Gasteiger partial charge on any atom is -0.369 e. The summed E-state index contributed by atoms with van der Waals surface area (Å²) in [7, 11) is 0. The SMILES string of the molecule is NC(=O)C1CCN(c2nc3c(c(=O)[nH]2)[C@H](c2ccccc2Cl)CC(=O)N3)CC1. The molecule has 1 fully saturated rings. The van der Waals surface area contributed by atoms with E-state index in [-0.39, 0.29) is 35.5 Å². The molecule has 2 aliphatic heterocycles. The number of hydrogen-bond donors (Lipinski definition) is 3. The highest BCUT2D eigenvalue weighted by Gasteiger charge is 2.33. The molecular weight excluding hydrogens is 382 g/mol. The molecule has 8 nitrogen and oxygen atoms in total. The summed E-state index contributed by atoms with van der Waals surface area (Å²) in [6.07, 6.45) is 1.33. The second kappa shape index (κ2) is 7.27. The summed E-state index contributed by atoms with van der Waals surface area (Å²) in [5, 5.41) is 3.22. The Morgan fingerprint density at radius 1 is 1.21 bits per heavy atom. The second-order valence-corrected chi connectivity index (χ2v) is 7.55. The van der Waals surface area contributed by atoms with E-state index in [4.69, 9.17) is 17.3 Å². The topological polar surface area (TPSA) is 121 Å². The summed E-state index contributed by atoms with van der Waals surface area (Å²) in [6, 6.07) is 7.18. The van der Waals surface area contributed by atoms with Crippen LogP contribution in [0.3, 0.4) is 0 Å². The van der Waals surface area contributed by atoms with Crippen molar-refractivity contribution in [2.45, 2.75) is 25.2 Å². The fraction of sp³-hybridized carbons (Fsp3) is 0.368. The van der Waals surface area contributed by atoms with Gasteiger partial charge in [0.25, 0.3) is 5.56 Å². The third-order valence-corrected chi connectivity index (χ3v) is 5.76. The van der Waals surface area contributed by atoms with Gasteiger partial charge in [-0.2, -0.15) is 4.98 Å². The number of primary amides is 1. The van der Waals surface area contributed by atoms with Crippen LogP contribution in [-0.2, 0) is 9.59 Å². The number of fused-ring (bicyclic) bond motifs is 1. The van der Waals surface area contributed by atoms with Crippen molar-refractivity contribution in [2.24, 2.45) is 11.7 Å². The van der Waals surface area contributed by atoms with Crippen LogP contribution in [-0.4, -0.2) is 34.9 Å². The molecule has 0 unspecified atom stereocenters. The number of nitrogens with zero attached hydrogens (tertiary/aromatic N) is 2. The first-order valence-electron chi connectivity index (χ1n) is 9.16. The van der Waals surface area contributed by atoms with Crippen molar-refractivity contribution in [3.8, 4) is 0 Å². The van der Waals surface area contributed by atoms with E-state index in [1.54, 1.807) is 12.1 Å². The zero-order chi connectivity index (χ0) is 19.8. The molecule has 2 aromatic rings. The van der Waals surface area contributed by atoms with Crippen LogP contribution in [0.1, 0.15) is 36.3 Å². The Bertz CT molecular complexity index is 997. The Hall–Kier alpha value is -2.87. The van der Waals surface area contributed by atoms with Crippen molar-refractivity contribution in [3.63, 3.8) is 0 Å². The highest BCUT2D eigenvalue weighted by atomic mass is 35.5. The molecule has 2 aliphatic rings. The van der Waals surface area contributed by atoms with Gasteiger partial charge in [0.15, 0.2) is 0 Å². The molecule has 0 spiro atoms. The van der Waals surface area contributed by atoms with Crippen LogP contribution in [0.15, 0.2) is 29.1 Å². The molecule has 1 aromatic carbocycles. The van der Waals surface area contributed by atoms with Gasteiger partial charge in [0, 0.05) is 36.4 Å². The number of rotatable bonds is 3. The molecule has 0 saturated carbocycles. The van der Waals surface area contributed by atoms with Crippen molar-refractivity contribution >= 4 is 35.2 Å². The van der Waals surface area contributed by atoms with Crippen LogP contribution in [0.4, 0.5) is 11.8 Å². The Kier molecular flexibility index (Phi) is 4.80. The van der Waals surface area contributed by atoms with E-state index in [1.807, 2.05) is 17.0 Å². The summed E-state index contributed by atoms with van der Waals surface area (Å²) >= 11 is 6.31. The number of carbonyl (C=O) groups is 2. The van der Waals surface area contributed by atoms with Crippen molar-refractivity contribution in [1.29, 1.82) is 0 Å². The standard InChI is InChI=1S/C19H20ClN5O3/c20-13-4-2-1-3-11(13)12-9-14(26)22-17-15(12)18(28)24-19(23-17)25-7-5-10(6-8-25)16(21)27/h1-4,10,12H,5-9H2,(H2,21,27)(H2,22,23,24,26,28)/t12-/m0/s1. The molecule has 28 heavy (non-hydrogen) atoms. The van der Waals surface area contributed by atoms with Crippen molar-refractivity contribution < 1.29 is 9.59 Å². The molecule has 4 rings (SSSR count). The first-order valence-corrected chi connectivity index (χ1v) is 9.54. The predicted octanol–water partition coefficient (Wildman–Crippen LogP) is 1.60. The lowest BCUT2D eigenvalue weighted by Crippen LogP contribution is -2.41. The van der Waals surface area contributed by atoms with E-state index in [0.717, 1.165) is 5.56 Å². The van der Waals surface area contributed by atoms with Gasteiger partial charge < -0.3 is 16.0 Å². The van der Waals surface area contributed by atoms with Crippen LogP contribution in [0.2, 0.25) is 5.02 Å². The first-order chi connectivity index (χ1) is 13.4. The zero-order valence-corrected chi connectivity index (χ0v) is 15.8. The quantitative estimate of drug-likeness (QED) is 0.721. The summed E-state index contributed by atoms with van der Waals surface area (Å²) in [5.74, 6) is -0.493. The van der Waals surface area contributed by atoms with Gasteiger partial charge in [-0.05, 0) is 24.5 Å². The molecule has 146 valence electrons. The largest absolute Gasteiger partial charge is 0.369 e. The molecule has 0 aliphatic carbocycles. The van der Waals surface area contributed by atoms with E-state index in [2.05, 4.69) is 15.3 Å². The Balaban J connectivity index is 1.69. The number of nitrogens with two attached hydrogens (primary N) is 1. The predicted molar refractivity (Wildman–Crippen MR) is 106 cm³/mol. The third kappa shape index (κ3) is 3.35. The van der Waals surface area contributed by atoms with Crippen LogP contribution in [0.5, 0.6) is 0 Å². The van der Waals surface area contributed by atoms with Gasteiger partial charge in [0.05, 0.1) is 5.56 Å². The van der Waals surface area contributed by atoms with E-state index in [0.29, 0.717) is 42.5 Å². The smallest absolute Gasteiger partial charge is 0.258 e. The summed E-state index contributed by atoms with van der Waals surface area (Å²) < 4.78 is 0. The van der Waals surface area contributed by atoms with Crippen molar-refractivity contribution in [3.05, 3.63) is 50.8 Å². The maximum Gasteiger partial charge on any atom is 0.258 e. The van der Waals surface area contributed by atoms with Crippen molar-refractivity contribution in [1.82, 2.24) is 9.97 Å². The maximum atomic E-state index is 12.9. The molecule has 1 atom stereocenters. The number of benzene rings is 1. The lowest BCUT2D eigenvalue weighted by atomic mass is 9.87. The molecule has 4 N–H and O–H groups in total. The normalized spacial score (nSPS) is 19.8. The van der Waals surface area contributed by atoms with Gasteiger partial charge in [-0.3, -0.25) is 19.4 Å². The molecule has 1 saturated heterocycles. The number of nitrogens with one attached hydrogen (secondary N) is 2. The first kappa shape index (κ1) is 18.5. The monoisotopic (exact) mass is 401 g/mol. The number of H-pyrrole nitrogens is 1. The highest BCUT2D eigenvalue weighted by Crippen LogP contribution is 2.37. The maximum absolute atomic E-state index is 12.9. The molecule has 0 bridgehead atoms. The third-order valence-electron chi connectivity index (χ3n) is 5.42. The number of halogens is 1. The average Bonchev–Trinajstić information content (AvgIpc) is 2.67. The lowest BCUT2D eigenvalue weighted by Gasteiger charge is -2.32. The number of aromatic nitrogens is 2. The minimum atomic E-state index is -0.455. The summed E-state index contributed by atoms with van der Waals surface area (Å²) in [4.78, 5) is 45.8. The number of aromatic amines is 1. The highest BCUT2D eigenvalue weighted by molar-refractivity contribution is 6.31. The van der Waals surface area contributed by atoms with Gasteiger partial charge in [-0.1, -0.05) is 29.8 Å². The molecular formula is C19H20ClN5O3. The molecule has 1 aromatic heterocycles. The Morgan fingerprint density at radius 2 is 1.93 bits per heavy atom. The minimum absolute atomic E-state index is 0.130. The number of anilines is 2. The van der Waals surface area contributed by atoms with Gasteiger partial charge in [-0.25, -0.2) is 0 Å². The Morgan fingerprint density at radius 3 is 2.61 bits per heavy atom. The molecule has 3 heterocycles. The van der Waals surface area contributed by atoms with E-state index in [9.17, 15) is 14.4 Å². The summed E-state index contributed by atoms with van der Waals surface area (Å²) in [6.45, 7) is 1.11. The van der Waals surface area contributed by atoms with Gasteiger partial charge in [0.2, 0.25) is 17.8 Å². The number of carbonyl (C=O) groups excluding carboxylic acids is 2. The Labute approximate surface area is 166 Å². The average molecular weight is 402 g/mol. The molecule has 2 amide bonds. The van der Waals surface area contributed by atoms with E-state index >= 15 is 0 Å². The van der Waals surface area contributed by atoms with Gasteiger partial charge in [0.1, 0.15) is 5.82 Å². The number of amides is 2. The van der Waals surface area contributed by atoms with E-state index < -0.39 is 5.92 Å². The molecule has 0 radical (unpaired) electrons. The fourth-order valence-corrected chi connectivity index (χ4v) is 4.18. The lowest BCUT2D eigenvalue weighted by molar-refractivity contribution is -0.122. The number of piperidine rings is 1. The van der Waals surface area contributed by atoms with E-state index in [1.165, 1.54) is 0 Å². The zero-order valence-electron chi connectivity index (χ0n) is 15.1. The fourth-order valence-electron chi connectivity index (χ4n) is 3.91.